The van der Waals surface area contributed by atoms with Crippen LogP contribution in [0.5, 0.6) is 11.6 Å². The Kier molecular flexibility index (Phi) is 5.00. The number of carbonyl (C=O) groups is 1. The van der Waals surface area contributed by atoms with E-state index in [2.05, 4.69) is 14.2 Å². The molecule has 0 aliphatic carbocycles. The molecule has 0 atom stereocenters. The number of esters is 1. The fourth-order valence-corrected chi connectivity index (χ4v) is 1.44. The molecule has 1 N–H and O–H groups in total. The summed E-state index contributed by atoms with van der Waals surface area (Å²) in [6.07, 6.45) is -5.53. The van der Waals surface area contributed by atoms with Gasteiger partial charge in [-0.2, -0.15) is 0 Å². The van der Waals surface area contributed by atoms with Gasteiger partial charge in [0.15, 0.2) is 5.75 Å². The van der Waals surface area contributed by atoms with E-state index in [0.717, 1.165) is 13.2 Å². The maximum Gasteiger partial charge on any atom is 0.573 e. The number of aromatic nitrogens is 1. The molecule has 1 rings (SSSR count). The SMILES string of the molecule is CCOC(=O)Cc1cc(=O)[nH]c(OC)c1OC(F)(F)F. The van der Waals surface area contributed by atoms with E-state index in [1.807, 2.05) is 4.98 Å². The lowest BCUT2D eigenvalue weighted by atomic mass is 10.2. The van der Waals surface area contributed by atoms with Gasteiger partial charge in [0.05, 0.1) is 20.1 Å². The zero-order chi connectivity index (χ0) is 15.3. The zero-order valence-corrected chi connectivity index (χ0v) is 10.7. The van der Waals surface area contributed by atoms with Crippen LogP contribution in [0.1, 0.15) is 12.5 Å². The number of halogens is 3. The minimum absolute atomic E-state index is 0.0641. The Labute approximate surface area is 111 Å². The van der Waals surface area contributed by atoms with E-state index in [1.54, 1.807) is 6.92 Å². The van der Waals surface area contributed by atoms with Crippen LogP contribution in [0.25, 0.3) is 0 Å². The maximum atomic E-state index is 12.3. The Balaban J connectivity index is 3.22. The Morgan fingerprint density at radius 1 is 1.40 bits per heavy atom. The minimum Gasteiger partial charge on any atom is -0.480 e. The van der Waals surface area contributed by atoms with E-state index < -0.39 is 35.9 Å². The van der Waals surface area contributed by atoms with Gasteiger partial charge in [-0.3, -0.25) is 14.6 Å². The van der Waals surface area contributed by atoms with Crippen LogP contribution in [0.3, 0.4) is 0 Å². The van der Waals surface area contributed by atoms with Crippen molar-refractivity contribution in [2.75, 3.05) is 13.7 Å². The number of methoxy groups -OCH3 is 1. The second kappa shape index (κ2) is 6.31. The van der Waals surface area contributed by atoms with Gasteiger partial charge in [-0.05, 0) is 6.92 Å². The van der Waals surface area contributed by atoms with Gasteiger partial charge in [0.1, 0.15) is 0 Å². The Bertz CT molecular complexity index is 538. The molecule has 20 heavy (non-hydrogen) atoms. The second-order valence-corrected chi connectivity index (χ2v) is 3.55. The van der Waals surface area contributed by atoms with Gasteiger partial charge in [0, 0.05) is 11.6 Å². The molecule has 0 amide bonds. The smallest absolute Gasteiger partial charge is 0.480 e. The van der Waals surface area contributed by atoms with Crippen molar-refractivity contribution in [3.8, 4) is 11.6 Å². The molecule has 0 radical (unpaired) electrons. The highest BCUT2D eigenvalue weighted by molar-refractivity contribution is 5.73. The summed E-state index contributed by atoms with van der Waals surface area (Å²) in [6.45, 7) is 1.61. The highest BCUT2D eigenvalue weighted by atomic mass is 19.4. The molecule has 6 nitrogen and oxygen atoms in total. The van der Waals surface area contributed by atoms with Crippen LogP contribution in [-0.2, 0) is 16.0 Å². The summed E-state index contributed by atoms with van der Waals surface area (Å²) >= 11 is 0. The molecular formula is C11H12F3NO5. The molecule has 0 spiro atoms. The number of alkyl halides is 3. The topological polar surface area (TPSA) is 77.6 Å². The predicted octanol–water partition coefficient (Wildman–Crippen LogP) is 1.39. The van der Waals surface area contributed by atoms with E-state index in [4.69, 9.17) is 0 Å². The van der Waals surface area contributed by atoms with Gasteiger partial charge in [-0.1, -0.05) is 0 Å². The van der Waals surface area contributed by atoms with Crippen molar-refractivity contribution in [1.29, 1.82) is 0 Å². The number of hydrogen-bond donors (Lipinski definition) is 1. The first-order valence-electron chi connectivity index (χ1n) is 5.48. The summed E-state index contributed by atoms with van der Waals surface area (Å²) in [7, 11) is 1.06. The molecule has 0 saturated heterocycles. The molecule has 0 aliphatic heterocycles. The zero-order valence-electron chi connectivity index (χ0n) is 10.7. The first kappa shape index (κ1) is 15.9. The average Bonchev–Trinajstić information content (AvgIpc) is 2.31. The molecule has 1 aromatic heterocycles. The molecule has 1 aromatic rings. The number of carbonyl (C=O) groups excluding carboxylic acids is 1. The van der Waals surface area contributed by atoms with Gasteiger partial charge < -0.3 is 14.2 Å². The van der Waals surface area contributed by atoms with Gasteiger partial charge in [0.25, 0.3) is 5.56 Å². The minimum atomic E-state index is -4.99. The first-order valence-corrected chi connectivity index (χ1v) is 5.48. The lowest BCUT2D eigenvalue weighted by Gasteiger charge is -2.15. The van der Waals surface area contributed by atoms with E-state index >= 15 is 0 Å². The van der Waals surface area contributed by atoms with Crippen LogP contribution < -0.4 is 15.0 Å². The molecule has 0 aliphatic rings. The summed E-state index contributed by atoms with van der Waals surface area (Å²) in [4.78, 5) is 24.7. The van der Waals surface area contributed by atoms with Gasteiger partial charge in [-0.25, -0.2) is 0 Å². The summed E-state index contributed by atoms with van der Waals surface area (Å²) in [5, 5.41) is 0. The normalized spacial score (nSPS) is 11.1. The van der Waals surface area contributed by atoms with Crippen molar-refractivity contribution in [2.45, 2.75) is 19.7 Å². The summed E-state index contributed by atoms with van der Waals surface area (Å²) < 4.78 is 50.0. The van der Waals surface area contributed by atoms with Crippen LogP contribution in [0.4, 0.5) is 13.2 Å². The monoisotopic (exact) mass is 295 g/mol. The molecule has 1 heterocycles. The number of pyridine rings is 1. The predicted molar refractivity (Wildman–Crippen MR) is 60.6 cm³/mol. The fourth-order valence-electron chi connectivity index (χ4n) is 1.44. The summed E-state index contributed by atoms with van der Waals surface area (Å²) in [5.74, 6) is -2.08. The third-order valence-electron chi connectivity index (χ3n) is 2.10. The third kappa shape index (κ3) is 4.48. The van der Waals surface area contributed by atoms with Crippen LogP contribution in [0.15, 0.2) is 10.9 Å². The van der Waals surface area contributed by atoms with Crippen molar-refractivity contribution in [3.63, 3.8) is 0 Å². The molecule has 112 valence electrons. The van der Waals surface area contributed by atoms with Gasteiger partial charge in [0.2, 0.25) is 5.88 Å². The fraction of sp³-hybridized carbons (Fsp3) is 0.455. The van der Waals surface area contributed by atoms with Crippen molar-refractivity contribution >= 4 is 5.97 Å². The van der Waals surface area contributed by atoms with Crippen LogP contribution in [0.2, 0.25) is 0 Å². The van der Waals surface area contributed by atoms with Crippen LogP contribution >= 0.6 is 0 Å². The number of rotatable bonds is 5. The molecule has 0 unspecified atom stereocenters. The largest absolute Gasteiger partial charge is 0.573 e. The Morgan fingerprint density at radius 2 is 2.05 bits per heavy atom. The molecular weight excluding hydrogens is 283 g/mol. The van der Waals surface area contributed by atoms with E-state index in [9.17, 15) is 22.8 Å². The lowest BCUT2D eigenvalue weighted by Crippen LogP contribution is -2.22. The third-order valence-corrected chi connectivity index (χ3v) is 2.10. The molecule has 0 bridgehead atoms. The standard InChI is InChI=1S/C11H12F3NO5/c1-3-19-8(17)5-6-4-7(16)15-10(18-2)9(6)20-11(12,13)14/h4H,3,5H2,1-2H3,(H,15,16). The average molecular weight is 295 g/mol. The lowest BCUT2D eigenvalue weighted by molar-refractivity contribution is -0.275. The molecule has 0 fully saturated rings. The van der Waals surface area contributed by atoms with Crippen LogP contribution in [-0.4, -0.2) is 31.0 Å². The quantitative estimate of drug-likeness (QED) is 0.831. The van der Waals surface area contributed by atoms with E-state index in [0.29, 0.717) is 0 Å². The first-order chi connectivity index (χ1) is 9.26. The maximum absolute atomic E-state index is 12.3. The molecule has 0 saturated carbocycles. The van der Waals surface area contributed by atoms with E-state index in [-0.39, 0.29) is 12.2 Å². The number of nitrogens with one attached hydrogen (secondary N) is 1. The van der Waals surface area contributed by atoms with Crippen molar-refractivity contribution < 1.29 is 32.2 Å². The van der Waals surface area contributed by atoms with Gasteiger partial charge >= 0.3 is 12.3 Å². The number of ether oxygens (including phenoxy) is 3. The van der Waals surface area contributed by atoms with E-state index in [1.165, 1.54) is 0 Å². The number of hydrogen-bond acceptors (Lipinski definition) is 5. The van der Waals surface area contributed by atoms with Crippen molar-refractivity contribution in [1.82, 2.24) is 4.98 Å². The van der Waals surface area contributed by atoms with Crippen molar-refractivity contribution in [2.24, 2.45) is 0 Å². The summed E-state index contributed by atoms with van der Waals surface area (Å²) in [6, 6.07) is 0.820. The Morgan fingerprint density at radius 3 is 2.55 bits per heavy atom. The number of H-pyrrole nitrogens is 1. The second-order valence-electron chi connectivity index (χ2n) is 3.55. The van der Waals surface area contributed by atoms with Crippen LogP contribution in [0, 0.1) is 0 Å². The molecule has 9 heteroatoms. The highest BCUT2D eigenvalue weighted by Gasteiger charge is 2.34. The van der Waals surface area contributed by atoms with Crippen molar-refractivity contribution in [3.05, 3.63) is 22.0 Å². The summed E-state index contributed by atoms with van der Waals surface area (Å²) in [5.41, 5.74) is -1.00. The molecule has 0 aromatic carbocycles. The van der Waals surface area contributed by atoms with Gasteiger partial charge in [-0.15, -0.1) is 13.2 Å². The highest BCUT2D eigenvalue weighted by Crippen LogP contribution is 2.33. The number of aromatic amines is 1. The Hall–Kier alpha value is -2.19.